The standard InChI is InChI=1S/C17H19Cl3N2O/c18-12-4-13(15(20)14(19)5-12)16(23)21-22-17-6-9-1-10(7-17)3-11(2-9)8-17/h4-5,9-11,22H,1-3,6-8H2,(H,21,23). The lowest BCUT2D eigenvalue weighted by Crippen LogP contribution is -2.62. The van der Waals surface area contributed by atoms with Crippen LogP contribution in [0, 0.1) is 17.8 Å². The normalized spacial score (nSPS) is 34.7. The average Bonchev–Trinajstić information content (AvgIpc) is 2.47. The summed E-state index contributed by atoms with van der Waals surface area (Å²) in [6.45, 7) is 0. The van der Waals surface area contributed by atoms with E-state index in [4.69, 9.17) is 34.8 Å². The van der Waals surface area contributed by atoms with Gasteiger partial charge in [0.2, 0.25) is 0 Å². The van der Waals surface area contributed by atoms with Crippen LogP contribution in [0.15, 0.2) is 12.1 Å². The van der Waals surface area contributed by atoms with Gasteiger partial charge >= 0.3 is 0 Å². The monoisotopic (exact) mass is 372 g/mol. The zero-order valence-electron chi connectivity index (χ0n) is 12.7. The second-order valence-electron chi connectivity index (χ2n) is 7.53. The third-order valence-corrected chi connectivity index (χ3v) is 6.74. The lowest BCUT2D eigenvalue weighted by Gasteiger charge is -2.56. The lowest BCUT2D eigenvalue weighted by molar-refractivity contribution is -0.0257. The van der Waals surface area contributed by atoms with E-state index in [1.165, 1.54) is 25.3 Å². The summed E-state index contributed by atoms with van der Waals surface area (Å²) in [5.74, 6) is 2.16. The SMILES string of the molecule is O=C(NNC12CC3CC(CC(C3)C1)C2)c1cc(Cl)cc(Cl)c1Cl. The van der Waals surface area contributed by atoms with Crippen molar-refractivity contribution in [2.75, 3.05) is 0 Å². The number of hydrogen-bond donors (Lipinski definition) is 2. The maximum absolute atomic E-state index is 12.5. The second kappa shape index (κ2) is 5.80. The van der Waals surface area contributed by atoms with Crippen molar-refractivity contribution >= 4 is 40.7 Å². The van der Waals surface area contributed by atoms with E-state index < -0.39 is 0 Å². The third kappa shape index (κ3) is 2.97. The Labute approximate surface area is 151 Å². The average molecular weight is 374 g/mol. The molecule has 0 atom stereocenters. The maximum Gasteiger partial charge on any atom is 0.267 e. The Morgan fingerprint density at radius 1 is 1.00 bits per heavy atom. The first-order chi connectivity index (χ1) is 10.9. The van der Waals surface area contributed by atoms with E-state index in [1.807, 2.05) is 0 Å². The molecule has 1 aromatic rings. The van der Waals surface area contributed by atoms with Crippen molar-refractivity contribution in [2.45, 2.75) is 44.1 Å². The highest BCUT2D eigenvalue weighted by Gasteiger charge is 2.51. The summed E-state index contributed by atoms with van der Waals surface area (Å²) in [6.07, 6.45) is 7.57. The molecule has 2 N–H and O–H groups in total. The molecule has 5 rings (SSSR count). The van der Waals surface area contributed by atoms with Gasteiger partial charge in [0.15, 0.2) is 0 Å². The minimum absolute atomic E-state index is 0.0548. The largest absolute Gasteiger partial charge is 0.287 e. The van der Waals surface area contributed by atoms with Crippen molar-refractivity contribution in [1.82, 2.24) is 10.9 Å². The Morgan fingerprint density at radius 3 is 2.13 bits per heavy atom. The molecular weight excluding hydrogens is 355 g/mol. The van der Waals surface area contributed by atoms with Crippen molar-refractivity contribution in [1.29, 1.82) is 0 Å². The zero-order valence-corrected chi connectivity index (χ0v) is 14.9. The number of hydrazine groups is 1. The van der Waals surface area contributed by atoms with Crippen LogP contribution in [0.3, 0.4) is 0 Å². The first-order valence-electron chi connectivity index (χ1n) is 8.16. The molecule has 124 valence electrons. The van der Waals surface area contributed by atoms with E-state index in [0.717, 1.165) is 37.0 Å². The van der Waals surface area contributed by atoms with Gasteiger partial charge in [-0.2, -0.15) is 0 Å². The molecule has 1 aromatic carbocycles. The van der Waals surface area contributed by atoms with Crippen LogP contribution in [0.1, 0.15) is 48.9 Å². The van der Waals surface area contributed by atoms with Crippen molar-refractivity contribution in [2.24, 2.45) is 17.8 Å². The van der Waals surface area contributed by atoms with Gasteiger partial charge < -0.3 is 0 Å². The molecule has 4 fully saturated rings. The van der Waals surface area contributed by atoms with E-state index in [0.29, 0.717) is 15.6 Å². The molecule has 23 heavy (non-hydrogen) atoms. The Hall–Kier alpha value is -0.480. The molecule has 6 heteroatoms. The van der Waals surface area contributed by atoms with Crippen LogP contribution in [0.2, 0.25) is 15.1 Å². The first-order valence-corrected chi connectivity index (χ1v) is 9.29. The number of nitrogens with one attached hydrogen (secondary N) is 2. The minimum Gasteiger partial charge on any atom is -0.287 e. The van der Waals surface area contributed by atoms with E-state index in [2.05, 4.69) is 10.9 Å². The molecule has 4 aliphatic carbocycles. The van der Waals surface area contributed by atoms with Gasteiger partial charge in [0.05, 0.1) is 15.6 Å². The van der Waals surface area contributed by atoms with E-state index in [-0.39, 0.29) is 16.5 Å². The fourth-order valence-corrected chi connectivity index (χ4v) is 5.93. The molecule has 3 nitrogen and oxygen atoms in total. The fourth-order valence-electron chi connectivity index (χ4n) is 5.24. The maximum atomic E-state index is 12.5. The fraction of sp³-hybridized carbons (Fsp3) is 0.588. The number of rotatable bonds is 3. The van der Waals surface area contributed by atoms with Crippen LogP contribution in [0.5, 0.6) is 0 Å². The number of carbonyl (C=O) groups excluding carboxylic acids is 1. The molecule has 0 unspecified atom stereocenters. The number of carbonyl (C=O) groups is 1. The molecule has 0 aliphatic heterocycles. The highest BCUT2D eigenvalue weighted by molar-refractivity contribution is 6.45. The highest BCUT2D eigenvalue weighted by Crippen LogP contribution is 2.55. The predicted octanol–water partition coefficient (Wildman–Crippen LogP) is 4.85. The molecular formula is C17H19Cl3N2O. The third-order valence-electron chi connectivity index (χ3n) is 5.72. The smallest absolute Gasteiger partial charge is 0.267 e. The van der Waals surface area contributed by atoms with E-state index >= 15 is 0 Å². The summed E-state index contributed by atoms with van der Waals surface area (Å²) in [7, 11) is 0. The molecule has 0 radical (unpaired) electrons. The summed E-state index contributed by atoms with van der Waals surface area (Å²) in [5.41, 5.74) is 6.57. The van der Waals surface area contributed by atoms with Crippen molar-refractivity contribution in [3.8, 4) is 0 Å². The van der Waals surface area contributed by atoms with Gasteiger partial charge in [0.25, 0.3) is 5.91 Å². The van der Waals surface area contributed by atoms with Crippen LogP contribution in [0.25, 0.3) is 0 Å². The van der Waals surface area contributed by atoms with Gasteiger partial charge in [0.1, 0.15) is 0 Å². The number of amides is 1. The van der Waals surface area contributed by atoms with Crippen LogP contribution in [-0.4, -0.2) is 11.4 Å². The van der Waals surface area contributed by atoms with Crippen LogP contribution >= 0.6 is 34.8 Å². The molecule has 0 spiro atoms. The van der Waals surface area contributed by atoms with Gasteiger partial charge in [-0.05, 0) is 68.4 Å². The highest BCUT2D eigenvalue weighted by atomic mass is 35.5. The van der Waals surface area contributed by atoms with Gasteiger partial charge in [-0.1, -0.05) is 34.8 Å². The topological polar surface area (TPSA) is 41.1 Å². The number of hydrogen-bond acceptors (Lipinski definition) is 2. The lowest BCUT2D eigenvalue weighted by atomic mass is 9.53. The van der Waals surface area contributed by atoms with Gasteiger partial charge in [0, 0.05) is 10.6 Å². The quantitative estimate of drug-likeness (QED) is 0.587. The predicted molar refractivity (Wildman–Crippen MR) is 93.0 cm³/mol. The number of halogens is 3. The van der Waals surface area contributed by atoms with E-state index in [9.17, 15) is 4.79 Å². The molecule has 0 heterocycles. The van der Waals surface area contributed by atoms with Gasteiger partial charge in [-0.15, -0.1) is 0 Å². The minimum atomic E-state index is -0.282. The van der Waals surface area contributed by atoms with Crippen LogP contribution in [-0.2, 0) is 0 Å². The van der Waals surface area contributed by atoms with Crippen LogP contribution in [0.4, 0.5) is 0 Å². The Morgan fingerprint density at radius 2 is 1.57 bits per heavy atom. The van der Waals surface area contributed by atoms with Crippen molar-refractivity contribution in [3.63, 3.8) is 0 Å². The molecule has 4 saturated carbocycles. The summed E-state index contributed by atoms with van der Waals surface area (Å²) in [4.78, 5) is 12.5. The van der Waals surface area contributed by atoms with Crippen molar-refractivity contribution in [3.05, 3.63) is 32.8 Å². The summed E-state index contributed by atoms with van der Waals surface area (Å²) >= 11 is 18.1. The molecule has 4 aliphatic rings. The molecule has 0 saturated heterocycles. The molecule has 4 bridgehead atoms. The van der Waals surface area contributed by atoms with Gasteiger partial charge in [-0.3, -0.25) is 10.2 Å². The van der Waals surface area contributed by atoms with Crippen LogP contribution < -0.4 is 10.9 Å². The van der Waals surface area contributed by atoms with Gasteiger partial charge in [-0.25, -0.2) is 5.43 Å². The summed E-state index contributed by atoms with van der Waals surface area (Å²) in [6, 6.07) is 3.08. The first kappa shape index (κ1) is 16.0. The zero-order chi connectivity index (χ0) is 16.2. The Balaban J connectivity index is 1.48. The summed E-state index contributed by atoms with van der Waals surface area (Å²) < 4.78 is 0. The number of benzene rings is 1. The molecule has 1 amide bonds. The molecule has 0 aromatic heterocycles. The summed E-state index contributed by atoms with van der Waals surface area (Å²) in [5, 5.41) is 0.930. The Kier molecular flexibility index (Phi) is 4.04. The second-order valence-corrected chi connectivity index (χ2v) is 8.75. The van der Waals surface area contributed by atoms with Crippen molar-refractivity contribution < 1.29 is 4.79 Å². The van der Waals surface area contributed by atoms with E-state index in [1.54, 1.807) is 6.07 Å². The Bertz CT molecular complexity index is 626.